The third-order valence-corrected chi connectivity index (χ3v) is 9.68. The molecule has 0 radical (unpaired) electrons. The molecular weight excluding hydrogens is 550 g/mol. The molecule has 210 valence electrons. The average molecular weight is 578 g/mol. The molecule has 3 heterocycles. The minimum absolute atomic E-state index is 0.160. The third-order valence-electron chi connectivity index (χ3n) is 8.79. The van der Waals surface area contributed by atoms with Gasteiger partial charge in [0.05, 0.1) is 32.2 Å². The van der Waals surface area contributed by atoms with Gasteiger partial charge in [-0.05, 0) is 40.8 Å². The zero-order chi connectivity index (χ0) is 29.2. The first-order valence-corrected chi connectivity index (χ1v) is 14.5. The second-order valence-corrected chi connectivity index (χ2v) is 11.5. The summed E-state index contributed by atoms with van der Waals surface area (Å²) in [5, 5.41) is 1.86. The van der Waals surface area contributed by atoms with Gasteiger partial charge < -0.3 is 19.1 Å². The van der Waals surface area contributed by atoms with Crippen molar-refractivity contribution in [3.63, 3.8) is 0 Å². The van der Waals surface area contributed by atoms with E-state index in [0.29, 0.717) is 38.8 Å². The van der Waals surface area contributed by atoms with Crippen LogP contribution >= 0.6 is 11.3 Å². The number of fused-ring (bicyclic) bond motifs is 5. The standard InChI is InChI=1S/C34H27NO6S/c1-39-24-17-20(18-25(40-2)31(24)41-3)28-29(30(36)26-13-8-16-42-26)35-23-12-7-4-9-19(23)14-15-27(35)34(28)32(37)21-10-5-6-11-22(21)33(34)38/h4-18,27-29H,1-3H3/t27-,28+,29-/m1/s1. The topological polar surface area (TPSA) is 82.1 Å². The highest BCUT2D eigenvalue weighted by Gasteiger charge is 2.71. The van der Waals surface area contributed by atoms with Crippen LogP contribution in [0.2, 0.25) is 0 Å². The lowest BCUT2D eigenvalue weighted by atomic mass is 9.64. The summed E-state index contributed by atoms with van der Waals surface area (Å²) < 4.78 is 17.0. The van der Waals surface area contributed by atoms with Crippen molar-refractivity contribution in [1.82, 2.24) is 0 Å². The number of nitrogens with zero attached hydrogens (tertiary/aromatic N) is 1. The van der Waals surface area contributed by atoms with E-state index in [1.807, 2.05) is 52.8 Å². The zero-order valence-corrected chi connectivity index (χ0v) is 24.0. The van der Waals surface area contributed by atoms with Crippen LogP contribution in [0.4, 0.5) is 5.69 Å². The van der Waals surface area contributed by atoms with Gasteiger partial charge >= 0.3 is 0 Å². The molecule has 1 aromatic heterocycles. The van der Waals surface area contributed by atoms with E-state index in [-0.39, 0.29) is 17.3 Å². The molecule has 3 atom stereocenters. The molecule has 1 spiro atoms. The molecule has 3 aromatic carbocycles. The number of anilines is 1. The van der Waals surface area contributed by atoms with E-state index < -0.39 is 23.4 Å². The SMILES string of the molecule is COc1cc([C@H]2[C@H](C(=O)c3cccs3)N3c4ccccc4C=C[C@@H]3C23C(=O)c2ccccc2C3=O)cc(OC)c1OC. The fourth-order valence-corrected chi connectivity index (χ4v) is 7.83. The molecule has 3 aliphatic rings. The lowest BCUT2D eigenvalue weighted by molar-refractivity contribution is 0.0665. The Morgan fingerprint density at radius 3 is 2.07 bits per heavy atom. The van der Waals surface area contributed by atoms with E-state index in [1.165, 1.54) is 32.7 Å². The summed E-state index contributed by atoms with van der Waals surface area (Å²) in [6.45, 7) is 0. The number of rotatable bonds is 6. The van der Waals surface area contributed by atoms with Crippen LogP contribution in [-0.2, 0) is 0 Å². The largest absolute Gasteiger partial charge is 0.493 e. The first kappa shape index (κ1) is 26.2. The molecule has 1 saturated heterocycles. The lowest BCUT2D eigenvalue weighted by Gasteiger charge is -2.37. The van der Waals surface area contributed by atoms with Gasteiger partial charge in [0.2, 0.25) is 5.75 Å². The first-order chi connectivity index (χ1) is 20.5. The van der Waals surface area contributed by atoms with Crippen LogP contribution in [0.1, 0.15) is 47.4 Å². The van der Waals surface area contributed by atoms with Crippen LogP contribution in [0.3, 0.4) is 0 Å². The molecular formula is C34H27NO6S. The van der Waals surface area contributed by atoms with E-state index >= 15 is 0 Å². The summed E-state index contributed by atoms with van der Waals surface area (Å²) >= 11 is 1.34. The maximum Gasteiger partial charge on any atom is 0.203 e. The number of benzene rings is 3. The Labute approximate surface area is 247 Å². The van der Waals surface area contributed by atoms with Gasteiger partial charge in [-0.25, -0.2) is 0 Å². The van der Waals surface area contributed by atoms with Gasteiger partial charge in [-0.2, -0.15) is 0 Å². The number of hydrogen-bond donors (Lipinski definition) is 0. The van der Waals surface area contributed by atoms with Crippen LogP contribution in [-0.4, -0.2) is 50.8 Å². The normalized spacial score (nSPS) is 21.2. The lowest BCUT2D eigenvalue weighted by Crippen LogP contribution is -2.48. The van der Waals surface area contributed by atoms with Crippen LogP contribution in [0.25, 0.3) is 6.08 Å². The Kier molecular flexibility index (Phi) is 6.06. The summed E-state index contributed by atoms with van der Waals surface area (Å²) in [6.07, 6.45) is 3.86. The number of ether oxygens (including phenoxy) is 3. The first-order valence-electron chi connectivity index (χ1n) is 13.6. The number of Topliss-reactive ketones (excluding diaryl/α,β-unsaturated/α-hetero) is 3. The van der Waals surface area contributed by atoms with Crippen LogP contribution < -0.4 is 19.1 Å². The second kappa shape index (κ2) is 9.70. The van der Waals surface area contributed by atoms with Crippen molar-refractivity contribution in [3.05, 3.63) is 111 Å². The molecule has 4 aromatic rings. The van der Waals surface area contributed by atoms with E-state index in [4.69, 9.17) is 14.2 Å². The molecule has 0 bridgehead atoms. The molecule has 0 saturated carbocycles. The zero-order valence-electron chi connectivity index (χ0n) is 23.2. The molecule has 0 amide bonds. The van der Waals surface area contributed by atoms with Gasteiger partial charge in [0.15, 0.2) is 28.8 Å². The highest BCUT2D eigenvalue weighted by molar-refractivity contribution is 7.12. The number of para-hydroxylation sites is 1. The number of thiophene rings is 1. The molecule has 7 nitrogen and oxygen atoms in total. The van der Waals surface area contributed by atoms with Gasteiger partial charge in [0.25, 0.3) is 0 Å². The summed E-state index contributed by atoms with van der Waals surface area (Å²) in [4.78, 5) is 46.8. The van der Waals surface area contributed by atoms with E-state index in [9.17, 15) is 14.4 Å². The Balaban J connectivity index is 1.58. The maximum absolute atomic E-state index is 14.8. The number of hydrogen-bond acceptors (Lipinski definition) is 8. The minimum Gasteiger partial charge on any atom is -0.493 e. The summed E-state index contributed by atoms with van der Waals surface area (Å²) in [7, 11) is 4.55. The fourth-order valence-electron chi connectivity index (χ4n) is 7.14. The van der Waals surface area contributed by atoms with Crippen molar-refractivity contribution < 1.29 is 28.6 Å². The number of methoxy groups -OCH3 is 3. The van der Waals surface area contributed by atoms with Gasteiger partial charge in [0.1, 0.15) is 11.5 Å². The molecule has 0 unspecified atom stereocenters. The Morgan fingerprint density at radius 2 is 1.48 bits per heavy atom. The average Bonchev–Trinajstić information content (AvgIpc) is 3.73. The van der Waals surface area contributed by atoms with Crippen molar-refractivity contribution in [3.8, 4) is 17.2 Å². The summed E-state index contributed by atoms with van der Waals surface area (Å²) in [5.41, 5.74) is 1.41. The Hall–Kier alpha value is -4.69. The van der Waals surface area contributed by atoms with Gasteiger partial charge in [-0.15, -0.1) is 11.3 Å². The van der Waals surface area contributed by atoms with E-state index in [0.717, 1.165) is 11.3 Å². The molecule has 2 aliphatic heterocycles. The quantitative estimate of drug-likeness (QED) is 0.203. The van der Waals surface area contributed by atoms with Crippen molar-refractivity contribution in [1.29, 1.82) is 0 Å². The minimum atomic E-state index is -1.62. The van der Waals surface area contributed by atoms with Crippen molar-refractivity contribution >= 4 is 40.4 Å². The smallest absolute Gasteiger partial charge is 0.203 e. The molecule has 1 aliphatic carbocycles. The maximum atomic E-state index is 14.8. The monoisotopic (exact) mass is 577 g/mol. The summed E-state index contributed by atoms with van der Waals surface area (Å²) in [6, 6.07) is 20.3. The van der Waals surface area contributed by atoms with Crippen LogP contribution in [0, 0.1) is 5.41 Å². The van der Waals surface area contributed by atoms with Gasteiger partial charge in [-0.1, -0.05) is 60.7 Å². The predicted molar refractivity (Wildman–Crippen MR) is 161 cm³/mol. The number of carbonyl (C=O) groups is 3. The molecule has 42 heavy (non-hydrogen) atoms. The molecule has 7 rings (SSSR count). The fraction of sp³-hybridized carbons (Fsp3) is 0.206. The molecule has 8 heteroatoms. The van der Waals surface area contributed by atoms with Crippen molar-refractivity contribution in [2.75, 3.05) is 26.2 Å². The van der Waals surface area contributed by atoms with Crippen molar-refractivity contribution in [2.24, 2.45) is 5.41 Å². The van der Waals surface area contributed by atoms with Crippen LogP contribution in [0.15, 0.2) is 84.3 Å². The molecule has 0 N–H and O–H groups in total. The Morgan fingerprint density at radius 1 is 0.833 bits per heavy atom. The van der Waals surface area contributed by atoms with Crippen molar-refractivity contribution in [2.45, 2.75) is 18.0 Å². The second-order valence-electron chi connectivity index (χ2n) is 10.6. The highest BCUT2D eigenvalue weighted by atomic mass is 32.1. The number of carbonyl (C=O) groups excluding carboxylic acids is 3. The third kappa shape index (κ3) is 3.35. The van der Waals surface area contributed by atoms with Gasteiger partial charge in [0, 0.05) is 22.7 Å². The number of ketones is 3. The van der Waals surface area contributed by atoms with E-state index in [1.54, 1.807) is 42.5 Å². The Bertz CT molecular complexity index is 1730. The van der Waals surface area contributed by atoms with Crippen LogP contribution in [0.5, 0.6) is 17.2 Å². The summed E-state index contributed by atoms with van der Waals surface area (Å²) in [5.74, 6) is -0.487. The predicted octanol–water partition coefficient (Wildman–Crippen LogP) is 6.09. The highest BCUT2D eigenvalue weighted by Crippen LogP contribution is 2.62. The van der Waals surface area contributed by atoms with E-state index in [2.05, 4.69) is 0 Å². The van der Waals surface area contributed by atoms with Gasteiger partial charge in [-0.3, -0.25) is 14.4 Å². The molecule has 1 fully saturated rings.